The van der Waals surface area contributed by atoms with Crippen LogP contribution in [-0.2, 0) is 4.74 Å². The van der Waals surface area contributed by atoms with Crippen LogP contribution in [0.3, 0.4) is 0 Å². The van der Waals surface area contributed by atoms with Gasteiger partial charge in [-0.05, 0) is 42.0 Å². The lowest BCUT2D eigenvalue weighted by Crippen LogP contribution is -2.53. The van der Waals surface area contributed by atoms with E-state index in [0.717, 1.165) is 35.7 Å². The Morgan fingerprint density at radius 3 is 2.78 bits per heavy atom. The zero-order valence-corrected chi connectivity index (χ0v) is 17.6. The second-order valence-electron chi connectivity index (χ2n) is 7.67. The highest BCUT2D eigenvalue weighted by molar-refractivity contribution is 5.92. The molecule has 2 aromatic heterocycles. The summed E-state index contributed by atoms with van der Waals surface area (Å²) in [7, 11) is 0. The fourth-order valence-electron chi connectivity index (χ4n) is 3.83. The number of nitrogens with zero attached hydrogens (tertiary/aromatic N) is 5. The van der Waals surface area contributed by atoms with Crippen molar-refractivity contribution in [3.05, 3.63) is 78.9 Å². The number of guanidine groups is 1. The van der Waals surface area contributed by atoms with Gasteiger partial charge in [-0.3, -0.25) is 4.98 Å². The molecule has 1 fully saturated rings. The molecule has 1 unspecified atom stereocenters. The van der Waals surface area contributed by atoms with Crippen LogP contribution in [0.4, 0.5) is 5.69 Å². The van der Waals surface area contributed by atoms with Crippen molar-refractivity contribution in [3.63, 3.8) is 0 Å². The van der Waals surface area contributed by atoms with Crippen molar-refractivity contribution in [1.82, 2.24) is 25.0 Å². The van der Waals surface area contributed by atoms with Crippen molar-refractivity contribution in [2.45, 2.75) is 5.66 Å². The van der Waals surface area contributed by atoms with Gasteiger partial charge in [-0.15, -0.1) is 0 Å². The van der Waals surface area contributed by atoms with Gasteiger partial charge < -0.3 is 25.4 Å². The van der Waals surface area contributed by atoms with E-state index in [2.05, 4.69) is 31.7 Å². The summed E-state index contributed by atoms with van der Waals surface area (Å²) in [6, 6.07) is 13.7. The maximum Gasteiger partial charge on any atom is 0.201 e. The molecule has 5 rings (SSSR count). The number of pyridine rings is 1. The predicted octanol–water partition coefficient (Wildman–Crippen LogP) is 1.70. The molecule has 0 amide bonds. The molecule has 0 spiro atoms. The molecule has 1 aromatic carbocycles. The van der Waals surface area contributed by atoms with Gasteiger partial charge in [0.15, 0.2) is 5.66 Å². The van der Waals surface area contributed by atoms with Gasteiger partial charge in [-0.25, -0.2) is 9.67 Å². The SMILES string of the molecule is OCC1(Nc2cccnc2)C=C(c2cccc(-n3cccn3)c2)NC(N2CCOCC2)=N1. The summed E-state index contributed by atoms with van der Waals surface area (Å²) >= 11 is 0. The van der Waals surface area contributed by atoms with Gasteiger partial charge in [0.2, 0.25) is 5.96 Å². The minimum Gasteiger partial charge on any atom is -0.392 e. The fourth-order valence-corrected chi connectivity index (χ4v) is 3.83. The smallest absolute Gasteiger partial charge is 0.201 e. The first kappa shape index (κ1) is 20.2. The van der Waals surface area contributed by atoms with E-state index in [4.69, 9.17) is 9.73 Å². The largest absolute Gasteiger partial charge is 0.392 e. The van der Waals surface area contributed by atoms with Crippen molar-refractivity contribution in [2.24, 2.45) is 4.99 Å². The molecular formula is C23H25N7O2. The highest BCUT2D eigenvalue weighted by atomic mass is 16.5. The lowest BCUT2D eigenvalue weighted by molar-refractivity contribution is 0.0663. The van der Waals surface area contributed by atoms with Crippen molar-refractivity contribution in [1.29, 1.82) is 0 Å². The zero-order valence-electron chi connectivity index (χ0n) is 17.6. The maximum atomic E-state index is 10.5. The molecule has 2 aliphatic heterocycles. The minimum absolute atomic E-state index is 0.222. The predicted molar refractivity (Wildman–Crippen MR) is 122 cm³/mol. The molecule has 3 N–H and O–H groups in total. The van der Waals surface area contributed by atoms with Crippen molar-refractivity contribution < 1.29 is 9.84 Å². The molecule has 0 saturated carbocycles. The van der Waals surface area contributed by atoms with Crippen LogP contribution in [0.25, 0.3) is 11.4 Å². The molecule has 9 heteroatoms. The highest BCUT2D eigenvalue weighted by Crippen LogP contribution is 2.27. The quantitative estimate of drug-likeness (QED) is 0.565. The molecule has 164 valence electrons. The Morgan fingerprint density at radius 2 is 2.03 bits per heavy atom. The summed E-state index contributed by atoms with van der Waals surface area (Å²) in [5.74, 6) is 0.695. The van der Waals surface area contributed by atoms with E-state index in [-0.39, 0.29) is 6.61 Å². The Balaban J connectivity index is 1.54. The highest BCUT2D eigenvalue weighted by Gasteiger charge is 2.34. The van der Waals surface area contributed by atoms with E-state index >= 15 is 0 Å². The van der Waals surface area contributed by atoms with Gasteiger partial charge in [0.1, 0.15) is 0 Å². The average molecular weight is 432 g/mol. The topological polar surface area (TPSA) is 99.8 Å². The number of aliphatic imine (C=N–C) groups is 1. The van der Waals surface area contributed by atoms with Gasteiger partial charge in [0.25, 0.3) is 0 Å². The van der Waals surface area contributed by atoms with Gasteiger partial charge in [-0.1, -0.05) is 12.1 Å². The third-order valence-corrected chi connectivity index (χ3v) is 5.44. The lowest BCUT2D eigenvalue weighted by Gasteiger charge is -2.38. The number of anilines is 1. The summed E-state index contributed by atoms with van der Waals surface area (Å²) < 4.78 is 7.33. The number of hydrogen-bond acceptors (Lipinski definition) is 8. The van der Waals surface area contributed by atoms with Crippen LogP contribution in [0.1, 0.15) is 5.56 Å². The van der Waals surface area contributed by atoms with E-state index in [1.165, 1.54) is 0 Å². The number of morpholine rings is 1. The number of nitrogens with one attached hydrogen (secondary N) is 2. The first-order valence-electron chi connectivity index (χ1n) is 10.6. The third kappa shape index (κ3) is 4.20. The Kier molecular flexibility index (Phi) is 5.57. The lowest BCUT2D eigenvalue weighted by atomic mass is 10.0. The normalized spacial score (nSPS) is 20.8. The molecule has 3 aromatic rings. The van der Waals surface area contributed by atoms with Gasteiger partial charge in [0, 0.05) is 37.4 Å². The van der Waals surface area contributed by atoms with Crippen LogP contribution in [0.2, 0.25) is 0 Å². The Hall–Kier alpha value is -3.69. The summed E-state index contributed by atoms with van der Waals surface area (Å²) in [5, 5.41) is 21.6. The number of aliphatic hydroxyl groups is 1. The number of hydrogen-bond donors (Lipinski definition) is 3. The molecular weight excluding hydrogens is 406 g/mol. The Bertz CT molecular complexity index is 1110. The third-order valence-electron chi connectivity index (χ3n) is 5.44. The number of benzene rings is 1. The molecule has 0 radical (unpaired) electrons. The van der Waals surface area contributed by atoms with Crippen LogP contribution in [0, 0.1) is 0 Å². The minimum atomic E-state index is -1.04. The van der Waals surface area contributed by atoms with E-state index in [1.54, 1.807) is 18.6 Å². The standard InChI is InChI=1S/C23H25N7O2/c31-17-23(27-19-5-2-7-24-16-19)15-21(26-22(28-23)29-10-12-32-13-11-29)18-4-1-6-20(14-18)30-9-3-8-25-30/h1-9,14-16,27,31H,10-13,17H2,(H,26,28). The molecule has 2 aliphatic rings. The first-order valence-corrected chi connectivity index (χ1v) is 10.6. The van der Waals surface area contributed by atoms with Crippen LogP contribution in [0.15, 0.2) is 78.3 Å². The van der Waals surface area contributed by atoms with Crippen LogP contribution < -0.4 is 10.6 Å². The summed E-state index contributed by atoms with van der Waals surface area (Å²) in [4.78, 5) is 11.2. The van der Waals surface area contributed by atoms with Crippen molar-refractivity contribution >= 4 is 17.3 Å². The first-order chi connectivity index (χ1) is 15.7. The molecule has 9 nitrogen and oxygen atoms in total. The second-order valence-corrected chi connectivity index (χ2v) is 7.67. The van der Waals surface area contributed by atoms with Crippen LogP contribution >= 0.6 is 0 Å². The molecule has 1 saturated heterocycles. The number of aromatic nitrogens is 3. The van der Waals surface area contributed by atoms with E-state index in [1.807, 2.05) is 53.4 Å². The molecule has 0 aliphatic carbocycles. The zero-order chi connectivity index (χ0) is 21.8. The van der Waals surface area contributed by atoms with Gasteiger partial charge in [-0.2, -0.15) is 5.10 Å². The van der Waals surface area contributed by atoms with Crippen molar-refractivity contribution in [2.75, 3.05) is 38.2 Å². The summed E-state index contributed by atoms with van der Waals surface area (Å²) in [6.07, 6.45) is 9.01. The molecule has 1 atom stereocenters. The summed E-state index contributed by atoms with van der Waals surface area (Å²) in [5.41, 5.74) is 2.49. The van der Waals surface area contributed by atoms with Crippen LogP contribution in [0.5, 0.6) is 0 Å². The van der Waals surface area contributed by atoms with Gasteiger partial charge in [0.05, 0.1) is 37.4 Å². The second kappa shape index (κ2) is 8.81. The van der Waals surface area contributed by atoms with E-state index in [0.29, 0.717) is 19.2 Å². The number of ether oxygens (including phenoxy) is 1. The molecule has 4 heterocycles. The number of aliphatic hydroxyl groups excluding tert-OH is 1. The summed E-state index contributed by atoms with van der Waals surface area (Å²) in [6.45, 7) is 2.49. The molecule has 32 heavy (non-hydrogen) atoms. The monoisotopic (exact) mass is 431 g/mol. The Labute approximate surface area is 186 Å². The molecule has 0 bridgehead atoms. The van der Waals surface area contributed by atoms with Gasteiger partial charge >= 0.3 is 0 Å². The van der Waals surface area contributed by atoms with E-state index < -0.39 is 5.66 Å². The fraction of sp³-hybridized carbons (Fsp3) is 0.261. The van der Waals surface area contributed by atoms with Crippen LogP contribution in [-0.4, -0.2) is 69.3 Å². The Morgan fingerprint density at radius 1 is 1.12 bits per heavy atom. The van der Waals surface area contributed by atoms with Crippen molar-refractivity contribution in [3.8, 4) is 5.69 Å². The van der Waals surface area contributed by atoms with E-state index in [9.17, 15) is 5.11 Å². The maximum absolute atomic E-state index is 10.5. The average Bonchev–Trinajstić information content (AvgIpc) is 3.40. The number of rotatable bonds is 5.